The van der Waals surface area contributed by atoms with Crippen molar-refractivity contribution in [2.24, 2.45) is 29.1 Å². The van der Waals surface area contributed by atoms with Gasteiger partial charge in [0.15, 0.2) is 9.84 Å². The standard InChI is InChI=1S/C38H61N5O7S/c1-7-20-39-33(46)31(44)27(21-24-16-17-24)40-32(45)30-28-26(37(28,5)6)22-43(30)34(47)29(25-14-10-8-11-15-25)41-35(48)42-38(18-12-9-13-19-38)23-51(49,50)36(2,3)4/h7,24-30H,1,8-23H2,2-6H3,(H,39,46)(H,40,45)(H2,41,42,48)/t26?,27?,28?,29-,30-/m0/s1. The predicted octanol–water partition coefficient (Wildman–Crippen LogP) is 3.79. The Bertz CT molecular complexity index is 1470. The molecule has 0 aromatic carbocycles. The summed E-state index contributed by atoms with van der Waals surface area (Å²) in [6.45, 7) is 13.3. The van der Waals surface area contributed by atoms with Crippen LogP contribution in [0.15, 0.2) is 12.7 Å². The third-order valence-corrected chi connectivity index (χ3v) is 15.4. The van der Waals surface area contributed by atoms with Gasteiger partial charge in [0.1, 0.15) is 12.1 Å². The van der Waals surface area contributed by atoms with Gasteiger partial charge in [0.2, 0.25) is 17.6 Å². The number of ketones is 1. The molecule has 0 spiro atoms. The second-order valence-electron chi connectivity index (χ2n) is 17.7. The topological polar surface area (TPSA) is 171 Å². The van der Waals surface area contributed by atoms with Crippen molar-refractivity contribution in [2.45, 2.75) is 147 Å². The molecule has 5 rings (SSSR count). The van der Waals surface area contributed by atoms with Crippen molar-refractivity contribution in [3.63, 3.8) is 0 Å². The molecule has 51 heavy (non-hydrogen) atoms. The number of urea groups is 1. The summed E-state index contributed by atoms with van der Waals surface area (Å²) in [7, 11) is -3.55. The summed E-state index contributed by atoms with van der Waals surface area (Å²) in [4.78, 5) is 70.3. The van der Waals surface area contributed by atoms with Crippen molar-refractivity contribution < 1.29 is 32.4 Å². The number of fused-ring (bicyclic) bond motifs is 1. The van der Waals surface area contributed by atoms with Crippen LogP contribution in [0.4, 0.5) is 4.79 Å². The first kappa shape index (κ1) is 39.3. The van der Waals surface area contributed by atoms with Gasteiger partial charge in [-0.2, -0.15) is 0 Å². The van der Waals surface area contributed by atoms with E-state index in [0.29, 0.717) is 25.8 Å². The Morgan fingerprint density at radius 2 is 1.55 bits per heavy atom. The number of carbonyl (C=O) groups excluding carboxylic acids is 5. The maximum atomic E-state index is 14.7. The van der Waals surface area contributed by atoms with E-state index in [1.165, 1.54) is 6.08 Å². The summed E-state index contributed by atoms with van der Waals surface area (Å²) in [6, 6.07) is -3.30. The van der Waals surface area contributed by atoms with Crippen molar-refractivity contribution >= 4 is 39.4 Å². The molecule has 1 heterocycles. The molecule has 5 aliphatic rings. The molecule has 1 aliphatic heterocycles. The van der Waals surface area contributed by atoms with Gasteiger partial charge in [0.25, 0.3) is 5.91 Å². The Morgan fingerprint density at radius 1 is 0.922 bits per heavy atom. The Hall–Kier alpha value is -2.96. The lowest BCUT2D eigenvalue weighted by Gasteiger charge is -2.41. The van der Waals surface area contributed by atoms with E-state index < -0.39 is 61.9 Å². The van der Waals surface area contributed by atoms with Crippen LogP contribution in [0.3, 0.4) is 0 Å². The molecular weight excluding hydrogens is 671 g/mol. The maximum absolute atomic E-state index is 14.7. The first-order valence-electron chi connectivity index (χ1n) is 19.3. The zero-order chi connectivity index (χ0) is 37.4. The average molecular weight is 732 g/mol. The number of piperidine rings is 1. The summed E-state index contributed by atoms with van der Waals surface area (Å²) >= 11 is 0. The molecule has 5 amide bonds. The number of carbonyl (C=O) groups is 5. The largest absolute Gasteiger partial charge is 0.346 e. The van der Waals surface area contributed by atoms with Gasteiger partial charge in [-0.25, -0.2) is 13.2 Å². The second kappa shape index (κ2) is 15.2. The van der Waals surface area contributed by atoms with Gasteiger partial charge in [0, 0.05) is 13.1 Å². The summed E-state index contributed by atoms with van der Waals surface area (Å²) in [5.41, 5.74) is -1.12. The molecule has 3 unspecified atom stereocenters. The molecule has 13 heteroatoms. The van der Waals surface area contributed by atoms with Crippen molar-refractivity contribution in [2.75, 3.05) is 18.8 Å². The van der Waals surface area contributed by atoms with Gasteiger partial charge < -0.3 is 26.2 Å². The van der Waals surface area contributed by atoms with Gasteiger partial charge in [-0.1, -0.05) is 71.3 Å². The minimum atomic E-state index is -3.55. The molecule has 286 valence electrons. The second-order valence-corrected chi connectivity index (χ2v) is 20.4. The van der Waals surface area contributed by atoms with E-state index in [-0.39, 0.29) is 47.3 Å². The molecule has 4 N–H and O–H groups in total. The fourth-order valence-electron chi connectivity index (χ4n) is 8.96. The molecule has 0 radical (unpaired) electrons. The van der Waals surface area contributed by atoms with Crippen LogP contribution in [-0.2, 0) is 29.0 Å². The van der Waals surface area contributed by atoms with Gasteiger partial charge in [-0.3, -0.25) is 19.2 Å². The minimum absolute atomic E-state index is 0.0830. The molecule has 5 atom stereocenters. The summed E-state index contributed by atoms with van der Waals surface area (Å²) in [6.07, 6.45) is 11.7. The highest BCUT2D eigenvalue weighted by atomic mass is 32.2. The van der Waals surface area contributed by atoms with Crippen LogP contribution < -0.4 is 21.3 Å². The summed E-state index contributed by atoms with van der Waals surface area (Å²) in [5, 5.41) is 11.5. The van der Waals surface area contributed by atoms with E-state index in [4.69, 9.17) is 0 Å². The Kier molecular flexibility index (Phi) is 11.7. The molecule has 1 saturated heterocycles. The number of hydrogen-bond donors (Lipinski definition) is 4. The number of likely N-dealkylation sites (tertiary alicyclic amines) is 1. The van der Waals surface area contributed by atoms with E-state index in [2.05, 4.69) is 41.7 Å². The lowest BCUT2D eigenvalue weighted by Crippen LogP contribution is -2.63. The first-order valence-corrected chi connectivity index (χ1v) is 20.9. The number of hydrogen-bond acceptors (Lipinski definition) is 7. The average Bonchev–Trinajstić information content (AvgIpc) is 3.92. The molecule has 4 aliphatic carbocycles. The maximum Gasteiger partial charge on any atom is 0.315 e. The van der Waals surface area contributed by atoms with E-state index in [1.54, 1.807) is 25.7 Å². The van der Waals surface area contributed by atoms with Crippen LogP contribution in [0.1, 0.15) is 118 Å². The van der Waals surface area contributed by atoms with Gasteiger partial charge in [-0.05, 0) is 82.0 Å². The van der Waals surface area contributed by atoms with Crippen LogP contribution in [0.2, 0.25) is 0 Å². The van der Waals surface area contributed by atoms with Crippen LogP contribution in [-0.4, -0.2) is 90.1 Å². The fraction of sp³-hybridized carbons (Fsp3) is 0.816. The summed E-state index contributed by atoms with van der Waals surface area (Å²) in [5.74, 6) is -2.34. The number of sulfone groups is 1. The number of amides is 5. The number of nitrogens with zero attached hydrogens (tertiary/aromatic N) is 1. The Morgan fingerprint density at radius 3 is 2.14 bits per heavy atom. The zero-order valence-electron chi connectivity index (χ0n) is 31.4. The van der Waals surface area contributed by atoms with E-state index in [9.17, 15) is 32.4 Å². The fourth-order valence-corrected chi connectivity index (χ4v) is 10.5. The molecular formula is C38H61N5O7S. The third-order valence-electron chi connectivity index (χ3n) is 12.6. The lowest BCUT2D eigenvalue weighted by molar-refractivity contribution is -0.144. The number of Topliss-reactive ketones (excluding diaryl/α,β-unsaturated/α-hetero) is 1. The number of nitrogens with one attached hydrogen (secondary N) is 4. The highest BCUT2D eigenvalue weighted by Crippen LogP contribution is 2.65. The highest BCUT2D eigenvalue weighted by Gasteiger charge is 2.70. The van der Waals surface area contributed by atoms with E-state index in [1.807, 2.05) is 0 Å². The molecule has 0 aromatic rings. The Labute approximate surface area is 304 Å². The smallest absolute Gasteiger partial charge is 0.315 e. The van der Waals surface area contributed by atoms with Gasteiger partial charge >= 0.3 is 6.03 Å². The van der Waals surface area contributed by atoms with Gasteiger partial charge in [0.05, 0.1) is 22.1 Å². The van der Waals surface area contributed by atoms with Crippen molar-refractivity contribution in [3.05, 3.63) is 12.7 Å². The van der Waals surface area contributed by atoms with Crippen molar-refractivity contribution in [1.29, 1.82) is 0 Å². The van der Waals surface area contributed by atoms with Crippen LogP contribution in [0.5, 0.6) is 0 Å². The van der Waals surface area contributed by atoms with Crippen LogP contribution in [0.25, 0.3) is 0 Å². The zero-order valence-corrected chi connectivity index (χ0v) is 32.2. The minimum Gasteiger partial charge on any atom is -0.346 e. The number of rotatable bonds is 14. The Balaban J connectivity index is 1.37. The highest BCUT2D eigenvalue weighted by molar-refractivity contribution is 7.92. The molecule has 0 aromatic heterocycles. The van der Waals surface area contributed by atoms with Crippen molar-refractivity contribution in [3.8, 4) is 0 Å². The molecule has 0 bridgehead atoms. The SMILES string of the molecule is C=CCNC(=O)C(=O)C(CC1CC1)NC(=O)[C@@H]1C2C(CN1C(=O)[C@@H](NC(=O)NC1(CS(=O)(=O)C(C)(C)C)CCCCC1)C1CCCCC1)C2(C)C. The van der Waals surface area contributed by atoms with Crippen LogP contribution >= 0.6 is 0 Å². The molecule has 12 nitrogen and oxygen atoms in total. The normalized spacial score (nSPS) is 26.9. The van der Waals surface area contributed by atoms with Crippen LogP contribution in [0, 0.1) is 29.1 Å². The summed E-state index contributed by atoms with van der Waals surface area (Å²) < 4.78 is 25.8. The quantitative estimate of drug-likeness (QED) is 0.156. The van der Waals surface area contributed by atoms with Crippen molar-refractivity contribution in [1.82, 2.24) is 26.2 Å². The predicted molar refractivity (Wildman–Crippen MR) is 195 cm³/mol. The van der Waals surface area contributed by atoms with E-state index in [0.717, 1.165) is 64.2 Å². The first-order chi connectivity index (χ1) is 23.9. The third kappa shape index (κ3) is 8.82. The molecule has 5 fully saturated rings. The van der Waals surface area contributed by atoms with Gasteiger partial charge in [-0.15, -0.1) is 6.58 Å². The molecule has 4 saturated carbocycles. The monoisotopic (exact) mass is 731 g/mol. The lowest BCUT2D eigenvalue weighted by atomic mass is 9.82. The van der Waals surface area contributed by atoms with E-state index >= 15 is 0 Å².